The summed E-state index contributed by atoms with van der Waals surface area (Å²) in [5.74, 6) is 1.81. The molecule has 2 aliphatic heterocycles. The molecule has 2 atom stereocenters. The Labute approximate surface area is 285 Å². The summed E-state index contributed by atoms with van der Waals surface area (Å²) in [7, 11) is -2.46. The molecule has 9 nitrogen and oxygen atoms in total. The van der Waals surface area contributed by atoms with Crippen LogP contribution in [0, 0.1) is 6.92 Å². The minimum atomic E-state index is -3.84. The van der Waals surface area contributed by atoms with E-state index in [-0.39, 0.29) is 10.9 Å². The maximum atomic E-state index is 14.8. The van der Waals surface area contributed by atoms with Crippen LogP contribution in [0.4, 0.5) is 4.79 Å². The highest BCUT2D eigenvalue weighted by Crippen LogP contribution is 2.46. The van der Waals surface area contributed by atoms with Gasteiger partial charge in [-0.2, -0.15) is 11.8 Å². The number of benzene rings is 3. The van der Waals surface area contributed by atoms with E-state index in [4.69, 9.17) is 32.9 Å². The first kappa shape index (κ1) is 34.5. The number of urea groups is 1. The highest BCUT2D eigenvalue weighted by Gasteiger charge is 2.45. The minimum absolute atomic E-state index is 0.0870. The average molecular weight is 705 g/mol. The lowest BCUT2D eigenvalue weighted by Crippen LogP contribution is -2.54. The summed E-state index contributed by atoms with van der Waals surface area (Å²) in [5, 5.41) is 1.16. The Morgan fingerprint density at radius 1 is 1.00 bits per heavy atom. The average Bonchev–Trinajstić information content (AvgIpc) is 3.44. The minimum Gasteiger partial charge on any atom is -0.493 e. The molecule has 0 spiro atoms. The second-order valence-electron chi connectivity index (χ2n) is 11.2. The molecule has 1 saturated heterocycles. The van der Waals surface area contributed by atoms with Gasteiger partial charge in [0.05, 0.1) is 23.1 Å². The van der Waals surface area contributed by atoms with Crippen LogP contribution in [0.3, 0.4) is 0 Å². The van der Waals surface area contributed by atoms with Crippen LogP contribution in [0.5, 0.6) is 5.75 Å². The largest absolute Gasteiger partial charge is 0.493 e. The first-order valence-electron chi connectivity index (χ1n) is 15.2. The van der Waals surface area contributed by atoms with Crippen molar-refractivity contribution in [2.45, 2.75) is 30.8 Å². The van der Waals surface area contributed by atoms with Crippen molar-refractivity contribution in [1.29, 1.82) is 0 Å². The fourth-order valence-electron chi connectivity index (χ4n) is 5.90. The van der Waals surface area contributed by atoms with Crippen molar-refractivity contribution in [2.24, 2.45) is 4.99 Å². The van der Waals surface area contributed by atoms with Crippen molar-refractivity contribution in [2.75, 3.05) is 58.4 Å². The van der Waals surface area contributed by atoms with Crippen LogP contribution in [-0.4, -0.2) is 93.4 Å². The molecule has 1 N–H and O–H groups in total. The van der Waals surface area contributed by atoms with Crippen LogP contribution in [-0.2, 0) is 10.0 Å². The number of thioether (sulfide) groups is 1. The Balaban J connectivity index is 1.69. The second kappa shape index (κ2) is 15.0. The zero-order valence-electron chi connectivity index (χ0n) is 26.4. The molecule has 246 valence electrons. The van der Waals surface area contributed by atoms with E-state index in [0.29, 0.717) is 52.5 Å². The van der Waals surface area contributed by atoms with Gasteiger partial charge < -0.3 is 9.64 Å². The SMILES string of the molecule is CCOc1cc(C)c(S(=O)(=O)NC)cc1C1=N[C@@H](c2ccc(Cl)cc2)[C@@H](c2ccc(Cl)cc2)N1C(=O)N1CCN(CCSC)CC1. The second-order valence-corrected chi connectivity index (χ2v) is 14.9. The first-order valence-corrected chi connectivity index (χ1v) is 18.8. The molecule has 0 unspecified atom stereocenters. The number of amides is 2. The van der Waals surface area contributed by atoms with Gasteiger partial charge in [0.1, 0.15) is 17.6 Å². The summed E-state index contributed by atoms with van der Waals surface area (Å²) in [4.78, 5) is 26.0. The predicted octanol–water partition coefficient (Wildman–Crippen LogP) is 6.25. The van der Waals surface area contributed by atoms with E-state index in [9.17, 15) is 13.2 Å². The van der Waals surface area contributed by atoms with E-state index in [1.54, 1.807) is 60.0 Å². The van der Waals surface area contributed by atoms with Crippen LogP contribution >= 0.6 is 35.0 Å². The summed E-state index contributed by atoms with van der Waals surface area (Å²) < 4.78 is 34.8. The lowest BCUT2D eigenvalue weighted by atomic mass is 9.93. The Morgan fingerprint density at radius 2 is 1.61 bits per heavy atom. The molecule has 3 aromatic carbocycles. The molecule has 0 radical (unpaired) electrons. The number of carbonyl (C=O) groups is 1. The normalized spacial score (nSPS) is 19.0. The van der Waals surface area contributed by atoms with Gasteiger partial charge >= 0.3 is 6.03 Å². The maximum Gasteiger partial charge on any atom is 0.326 e. The predicted molar refractivity (Wildman–Crippen MR) is 187 cm³/mol. The summed E-state index contributed by atoms with van der Waals surface area (Å²) in [6.07, 6.45) is 2.09. The van der Waals surface area contributed by atoms with Crippen LogP contribution in [0.1, 0.15) is 41.3 Å². The molecular formula is C33H39Cl2N5O4S2. The van der Waals surface area contributed by atoms with Gasteiger partial charge in [-0.1, -0.05) is 47.5 Å². The molecule has 0 aromatic heterocycles. The number of hydrogen-bond donors (Lipinski definition) is 1. The first-order chi connectivity index (χ1) is 22.1. The Kier molecular flexibility index (Phi) is 11.2. The quantitative estimate of drug-likeness (QED) is 0.268. The lowest BCUT2D eigenvalue weighted by Gasteiger charge is -2.39. The Bertz CT molecular complexity index is 1680. The van der Waals surface area contributed by atoms with Gasteiger partial charge in [-0.15, -0.1) is 0 Å². The van der Waals surface area contributed by atoms with Gasteiger partial charge in [0, 0.05) is 48.5 Å². The van der Waals surface area contributed by atoms with Crippen LogP contribution in [0.15, 0.2) is 70.6 Å². The molecular weight excluding hydrogens is 665 g/mol. The van der Waals surface area contributed by atoms with Gasteiger partial charge in [-0.25, -0.2) is 17.9 Å². The molecule has 46 heavy (non-hydrogen) atoms. The van der Waals surface area contributed by atoms with Crippen molar-refractivity contribution >= 4 is 56.9 Å². The zero-order valence-corrected chi connectivity index (χ0v) is 29.5. The van der Waals surface area contributed by atoms with E-state index >= 15 is 0 Å². The van der Waals surface area contributed by atoms with E-state index in [1.165, 1.54) is 7.05 Å². The molecule has 2 aliphatic rings. The summed E-state index contributed by atoms with van der Waals surface area (Å²) in [6, 6.07) is 16.8. The molecule has 13 heteroatoms. The molecule has 5 rings (SSSR count). The number of aryl methyl sites for hydroxylation is 1. The number of hydrogen-bond acceptors (Lipinski definition) is 7. The van der Waals surface area contributed by atoms with Gasteiger partial charge in [-0.3, -0.25) is 14.8 Å². The molecule has 3 aromatic rings. The number of halogens is 2. The fraction of sp³-hybridized carbons (Fsp3) is 0.394. The van der Waals surface area contributed by atoms with Gasteiger partial charge in [-0.05, 0) is 80.2 Å². The maximum absolute atomic E-state index is 14.8. The monoisotopic (exact) mass is 703 g/mol. The van der Waals surface area contributed by atoms with Crippen LogP contribution in [0.25, 0.3) is 0 Å². The van der Waals surface area contributed by atoms with Gasteiger partial charge in [0.15, 0.2) is 0 Å². The van der Waals surface area contributed by atoms with Crippen molar-refractivity contribution in [3.63, 3.8) is 0 Å². The number of nitrogens with one attached hydrogen (secondary N) is 1. The number of aliphatic imine (C=N–C) groups is 1. The number of nitrogens with zero attached hydrogens (tertiary/aromatic N) is 4. The summed E-state index contributed by atoms with van der Waals surface area (Å²) in [5.41, 5.74) is 2.63. The van der Waals surface area contributed by atoms with Crippen molar-refractivity contribution in [3.8, 4) is 5.75 Å². The number of piperazine rings is 1. The van der Waals surface area contributed by atoms with Crippen molar-refractivity contribution < 1.29 is 17.9 Å². The highest BCUT2D eigenvalue weighted by molar-refractivity contribution is 7.98. The Hall–Kier alpha value is -2.80. The number of rotatable bonds is 10. The van der Waals surface area contributed by atoms with Crippen molar-refractivity contribution in [1.82, 2.24) is 19.4 Å². The van der Waals surface area contributed by atoms with Gasteiger partial charge in [0.2, 0.25) is 10.0 Å². The van der Waals surface area contributed by atoms with Crippen molar-refractivity contribution in [3.05, 3.63) is 93.0 Å². The molecule has 0 saturated carbocycles. The standard InChI is InChI=1S/C33H39Cl2N5O4S2/c1-5-44-28-20-22(2)29(46(42,43)36-3)21-27(28)32-37-30(23-6-10-25(34)11-7-23)31(24-8-12-26(35)13-9-24)40(32)33(41)39-16-14-38(15-17-39)18-19-45-4/h6-13,20-21,30-31,36H,5,14-19H2,1-4H3/t30-,31+/m0/s1. The van der Waals surface area contributed by atoms with E-state index < -0.39 is 22.1 Å². The fourth-order valence-corrected chi connectivity index (χ4v) is 7.57. The summed E-state index contributed by atoms with van der Waals surface area (Å²) in [6.45, 7) is 7.53. The summed E-state index contributed by atoms with van der Waals surface area (Å²) >= 11 is 14.4. The lowest BCUT2D eigenvalue weighted by molar-refractivity contribution is 0.122. The smallest absolute Gasteiger partial charge is 0.326 e. The van der Waals surface area contributed by atoms with E-state index in [0.717, 1.165) is 36.5 Å². The number of sulfonamides is 1. The molecule has 2 amide bonds. The third kappa shape index (κ3) is 7.35. The topological polar surface area (TPSA) is 94.5 Å². The molecule has 1 fully saturated rings. The zero-order chi connectivity index (χ0) is 33.0. The number of amidine groups is 1. The molecule has 2 heterocycles. The molecule has 0 aliphatic carbocycles. The van der Waals surface area contributed by atoms with E-state index in [2.05, 4.69) is 15.9 Å². The third-order valence-corrected chi connectivity index (χ3v) is 11.0. The number of carbonyl (C=O) groups excluding carboxylic acids is 1. The highest BCUT2D eigenvalue weighted by atomic mass is 35.5. The number of ether oxygens (including phenoxy) is 1. The Morgan fingerprint density at radius 3 is 2.17 bits per heavy atom. The van der Waals surface area contributed by atoms with Crippen LogP contribution < -0.4 is 9.46 Å². The van der Waals surface area contributed by atoms with E-state index in [1.807, 2.05) is 36.1 Å². The van der Waals surface area contributed by atoms with Crippen LogP contribution in [0.2, 0.25) is 10.0 Å². The van der Waals surface area contributed by atoms with Gasteiger partial charge in [0.25, 0.3) is 0 Å². The third-order valence-electron chi connectivity index (χ3n) is 8.33. The molecule has 0 bridgehead atoms.